The highest BCUT2D eigenvalue weighted by atomic mass is 13.9. The maximum atomic E-state index is 3.24. The van der Waals surface area contributed by atoms with Crippen LogP contribution in [0.25, 0.3) is 12.2 Å². The van der Waals surface area contributed by atoms with Crippen LogP contribution in [0.3, 0.4) is 0 Å². The summed E-state index contributed by atoms with van der Waals surface area (Å²) in [5.74, 6) is 0. The Balaban J connectivity index is 2.63. The van der Waals surface area contributed by atoms with Crippen molar-refractivity contribution in [1.82, 2.24) is 0 Å². The fourth-order valence-corrected chi connectivity index (χ4v) is 1.47. The molecule has 0 nitrogen and oxygen atoms in total. The van der Waals surface area contributed by atoms with E-state index in [9.17, 15) is 0 Å². The van der Waals surface area contributed by atoms with Gasteiger partial charge in [-0.25, -0.2) is 0 Å². The largest absolute Gasteiger partial charge is 0.0840 e. The molecular weight excluding hydrogens is 192 g/mol. The van der Waals surface area contributed by atoms with E-state index in [0.29, 0.717) is 0 Å². The lowest BCUT2D eigenvalue weighted by atomic mass is 10.1. The summed E-state index contributed by atoms with van der Waals surface area (Å²) in [6, 6.07) is 9.51. The quantitative estimate of drug-likeness (QED) is 0.615. The Kier molecular flexibility index (Phi) is 6.32. The summed E-state index contributed by atoms with van der Waals surface area (Å²) in [7, 11) is 0. The Morgan fingerprint density at radius 2 is 1.75 bits per heavy atom. The average Bonchev–Trinajstić information content (AvgIpc) is 2.30. The second-order valence-electron chi connectivity index (χ2n) is 3.96. The first-order valence-electron chi connectivity index (χ1n) is 6.21. The number of allylic oxidation sites excluding steroid dienone is 2. The zero-order valence-electron chi connectivity index (χ0n) is 10.4. The smallest absolute Gasteiger partial charge is 0.0105 e. The minimum atomic E-state index is 1.14. The molecule has 16 heavy (non-hydrogen) atoms. The maximum absolute atomic E-state index is 3.24. The van der Waals surface area contributed by atoms with E-state index in [1.165, 1.54) is 24.0 Å². The fraction of sp³-hybridized carbons (Fsp3) is 0.375. The summed E-state index contributed by atoms with van der Waals surface area (Å²) in [5, 5.41) is 0. The Labute approximate surface area is 99.7 Å². The molecule has 0 saturated heterocycles. The maximum Gasteiger partial charge on any atom is -0.0105 e. The van der Waals surface area contributed by atoms with E-state index >= 15 is 0 Å². The van der Waals surface area contributed by atoms with Gasteiger partial charge in [0.1, 0.15) is 0 Å². The van der Waals surface area contributed by atoms with E-state index in [-0.39, 0.29) is 0 Å². The summed E-state index contributed by atoms with van der Waals surface area (Å²) in [5.41, 5.74) is 2.44. The second-order valence-corrected chi connectivity index (χ2v) is 3.96. The van der Waals surface area contributed by atoms with Gasteiger partial charge >= 0.3 is 0 Å². The highest BCUT2D eigenvalue weighted by molar-refractivity contribution is 5.57. The van der Waals surface area contributed by atoms with Crippen LogP contribution in [-0.4, -0.2) is 0 Å². The van der Waals surface area contributed by atoms with E-state index < -0.39 is 0 Å². The van der Waals surface area contributed by atoms with Crippen molar-refractivity contribution in [2.24, 2.45) is 0 Å². The molecule has 1 rings (SSSR count). The second kappa shape index (κ2) is 7.92. The Morgan fingerprint density at radius 3 is 2.44 bits per heavy atom. The number of rotatable bonds is 6. The molecule has 0 aromatic heterocycles. The predicted molar refractivity (Wildman–Crippen MR) is 73.2 cm³/mol. The summed E-state index contributed by atoms with van der Waals surface area (Å²) in [6.07, 6.45) is 13.5. The zero-order valence-corrected chi connectivity index (χ0v) is 10.4. The van der Waals surface area contributed by atoms with Gasteiger partial charge in [0.2, 0.25) is 0 Å². The molecule has 0 bridgehead atoms. The van der Waals surface area contributed by atoms with Gasteiger partial charge in [-0.2, -0.15) is 0 Å². The number of hydrogen-bond acceptors (Lipinski definition) is 0. The van der Waals surface area contributed by atoms with Gasteiger partial charge < -0.3 is 0 Å². The molecule has 0 N–H and O–H groups in total. The molecule has 1 aromatic rings. The van der Waals surface area contributed by atoms with Crippen LogP contribution in [0.1, 0.15) is 50.7 Å². The summed E-state index contributed by atoms with van der Waals surface area (Å²) in [6.45, 7) is 4.39. The fourth-order valence-electron chi connectivity index (χ4n) is 1.47. The summed E-state index contributed by atoms with van der Waals surface area (Å²) in [4.78, 5) is 0. The molecule has 0 unspecified atom stereocenters. The van der Waals surface area contributed by atoms with Crippen LogP contribution in [0.5, 0.6) is 0 Å². The van der Waals surface area contributed by atoms with Gasteiger partial charge in [0.05, 0.1) is 0 Å². The molecule has 0 fully saturated rings. The van der Waals surface area contributed by atoms with Crippen LogP contribution in [0.2, 0.25) is 0 Å². The van der Waals surface area contributed by atoms with Gasteiger partial charge in [-0.1, -0.05) is 63.1 Å². The number of benzene rings is 1. The van der Waals surface area contributed by atoms with Gasteiger partial charge in [0.25, 0.3) is 0 Å². The van der Waals surface area contributed by atoms with Gasteiger partial charge in [-0.05, 0) is 36.1 Å². The van der Waals surface area contributed by atoms with E-state index in [4.69, 9.17) is 0 Å². The lowest BCUT2D eigenvalue weighted by molar-refractivity contribution is 0.962. The van der Waals surface area contributed by atoms with Crippen molar-refractivity contribution in [1.29, 1.82) is 0 Å². The molecule has 0 amide bonds. The van der Waals surface area contributed by atoms with Crippen LogP contribution in [0, 0.1) is 6.07 Å². The van der Waals surface area contributed by atoms with E-state index in [1.54, 1.807) is 0 Å². The first kappa shape index (κ1) is 12.8. The lowest BCUT2D eigenvalue weighted by Gasteiger charge is -1.96. The Bertz CT molecular complexity index is 314. The van der Waals surface area contributed by atoms with E-state index in [1.807, 2.05) is 6.07 Å². The SMILES string of the molecule is CCC/C=C/c1[c]ccc(/C=C/CCC)c1. The first-order chi connectivity index (χ1) is 7.86. The van der Waals surface area contributed by atoms with Crippen molar-refractivity contribution < 1.29 is 0 Å². The first-order valence-corrected chi connectivity index (χ1v) is 6.21. The van der Waals surface area contributed by atoms with Gasteiger partial charge in [0.15, 0.2) is 0 Å². The minimum Gasteiger partial charge on any atom is -0.0840 e. The Hall–Kier alpha value is -1.30. The molecule has 0 aliphatic carbocycles. The van der Waals surface area contributed by atoms with Crippen LogP contribution >= 0.6 is 0 Å². The minimum absolute atomic E-state index is 1.14. The standard InChI is InChI=1S/C16H21/c1-3-5-7-10-15-12-9-13-16(14-15)11-8-6-4-2/h7-12,14H,3-6H2,1-2H3/b10-7+,11-8+. The third-order valence-electron chi connectivity index (χ3n) is 2.37. The molecule has 0 heterocycles. The molecular formula is C16H21. The molecule has 0 aliphatic rings. The molecule has 0 spiro atoms. The van der Waals surface area contributed by atoms with Crippen molar-refractivity contribution in [2.45, 2.75) is 39.5 Å². The van der Waals surface area contributed by atoms with Crippen LogP contribution in [-0.2, 0) is 0 Å². The molecule has 1 aromatic carbocycles. The highest BCUT2D eigenvalue weighted by Crippen LogP contribution is 2.09. The van der Waals surface area contributed by atoms with Gasteiger partial charge in [-0.3, -0.25) is 0 Å². The van der Waals surface area contributed by atoms with Crippen molar-refractivity contribution >= 4 is 12.2 Å². The van der Waals surface area contributed by atoms with Crippen LogP contribution in [0.15, 0.2) is 30.4 Å². The predicted octanol–water partition coefficient (Wildman–Crippen LogP) is 5.11. The topological polar surface area (TPSA) is 0 Å². The summed E-state index contributed by atoms with van der Waals surface area (Å²) < 4.78 is 0. The average molecular weight is 213 g/mol. The molecule has 0 aliphatic heterocycles. The number of hydrogen-bond donors (Lipinski definition) is 0. The molecule has 0 atom stereocenters. The molecule has 0 heteroatoms. The van der Waals surface area contributed by atoms with Gasteiger partial charge in [-0.15, -0.1) is 0 Å². The normalized spacial score (nSPS) is 11.6. The van der Waals surface area contributed by atoms with Crippen molar-refractivity contribution in [3.05, 3.63) is 47.5 Å². The monoisotopic (exact) mass is 213 g/mol. The lowest BCUT2D eigenvalue weighted by Crippen LogP contribution is -1.76. The highest BCUT2D eigenvalue weighted by Gasteiger charge is 1.89. The van der Waals surface area contributed by atoms with Crippen molar-refractivity contribution in [2.75, 3.05) is 0 Å². The van der Waals surface area contributed by atoms with E-state index in [2.05, 4.69) is 56.4 Å². The number of unbranched alkanes of at least 4 members (excludes halogenated alkanes) is 2. The van der Waals surface area contributed by atoms with Gasteiger partial charge in [0, 0.05) is 0 Å². The molecule has 1 radical (unpaired) electrons. The molecule has 0 saturated carbocycles. The third-order valence-corrected chi connectivity index (χ3v) is 2.37. The Morgan fingerprint density at radius 1 is 1.06 bits per heavy atom. The van der Waals surface area contributed by atoms with E-state index in [0.717, 1.165) is 12.8 Å². The third kappa shape index (κ3) is 4.97. The zero-order chi connectivity index (χ0) is 11.6. The van der Waals surface area contributed by atoms with Crippen molar-refractivity contribution in [3.8, 4) is 0 Å². The van der Waals surface area contributed by atoms with Crippen molar-refractivity contribution in [3.63, 3.8) is 0 Å². The van der Waals surface area contributed by atoms with Crippen LogP contribution in [0.4, 0.5) is 0 Å². The molecule has 85 valence electrons. The van der Waals surface area contributed by atoms with Crippen LogP contribution < -0.4 is 0 Å². The summed E-state index contributed by atoms with van der Waals surface area (Å²) >= 11 is 0.